The van der Waals surface area contributed by atoms with Crippen LogP contribution in [0.25, 0.3) is 0 Å². The van der Waals surface area contributed by atoms with Crippen molar-refractivity contribution in [3.05, 3.63) is 12.7 Å². The number of aliphatic carboxylic acids is 1. The van der Waals surface area contributed by atoms with Crippen molar-refractivity contribution < 1.29 is 32.4 Å². The Bertz CT molecular complexity index is 549. The number of nitrogens with zero attached hydrogens (tertiary/aromatic N) is 1. The van der Waals surface area contributed by atoms with Crippen molar-refractivity contribution in [2.24, 2.45) is 5.41 Å². The molecule has 0 bridgehead atoms. The van der Waals surface area contributed by atoms with E-state index in [0.717, 1.165) is 0 Å². The van der Waals surface area contributed by atoms with Gasteiger partial charge in [0.1, 0.15) is 17.4 Å². The van der Waals surface area contributed by atoms with Crippen LogP contribution in [0.2, 0.25) is 0 Å². The van der Waals surface area contributed by atoms with E-state index >= 15 is 0 Å². The molecule has 1 rings (SSSR count). The largest absolute Gasteiger partial charge is 0.480 e. The van der Waals surface area contributed by atoms with Crippen molar-refractivity contribution >= 4 is 33.8 Å². The molecule has 120 valence electrons. The summed E-state index contributed by atoms with van der Waals surface area (Å²) in [7, 11) is -4.07. The highest BCUT2D eigenvalue weighted by Crippen LogP contribution is 2.43. The number of alkyl halides is 1. The summed E-state index contributed by atoms with van der Waals surface area (Å²) in [5.41, 5.74) is -1.27. The van der Waals surface area contributed by atoms with Crippen LogP contribution in [-0.4, -0.2) is 59.5 Å². The molecule has 1 fully saturated rings. The van der Waals surface area contributed by atoms with Crippen molar-refractivity contribution in [2.45, 2.75) is 25.5 Å². The maximum atomic E-state index is 11.5. The van der Waals surface area contributed by atoms with Gasteiger partial charge in [0.05, 0.1) is 6.54 Å². The van der Waals surface area contributed by atoms with Gasteiger partial charge in [0.15, 0.2) is 0 Å². The van der Waals surface area contributed by atoms with Gasteiger partial charge in [0, 0.05) is 5.41 Å². The van der Waals surface area contributed by atoms with Gasteiger partial charge in [-0.3, -0.25) is 9.08 Å². The topological polar surface area (TPSA) is 121 Å². The Labute approximate surface area is 127 Å². The average Bonchev–Trinajstić information content (AvgIpc) is 2.63. The predicted octanol–water partition coefficient (Wildman–Crippen LogP) is 0.927. The quantitative estimate of drug-likeness (QED) is 0.418. The number of allylic oxidation sites excluding steroid dienone is 1. The zero-order chi connectivity index (χ0) is 16.4. The Morgan fingerprint density at radius 3 is 2.48 bits per heavy atom. The molecular weight excluding hydrogens is 326 g/mol. The number of halogens is 1. The predicted molar refractivity (Wildman–Crippen MR) is 73.6 cm³/mol. The summed E-state index contributed by atoms with van der Waals surface area (Å²) in [5.74, 6) is -1.38. The normalized spacial score (nSPS) is 29.3. The molecule has 0 aromatic heterocycles. The molecule has 0 saturated carbocycles. The lowest BCUT2D eigenvalue weighted by Gasteiger charge is -2.32. The van der Waals surface area contributed by atoms with Gasteiger partial charge in [-0.1, -0.05) is 13.0 Å². The van der Waals surface area contributed by atoms with Gasteiger partial charge >= 0.3 is 12.1 Å². The summed E-state index contributed by atoms with van der Waals surface area (Å²) in [5, 5.41) is 17.6. The molecule has 1 aliphatic rings. The van der Waals surface area contributed by atoms with Crippen molar-refractivity contribution in [1.82, 2.24) is 4.90 Å². The van der Waals surface area contributed by atoms with Crippen molar-refractivity contribution in [3.63, 3.8) is 0 Å². The zero-order valence-electron chi connectivity index (χ0n) is 11.2. The first-order valence-electron chi connectivity index (χ1n) is 5.89. The third-order valence-electron chi connectivity index (χ3n) is 3.49. The standard InChI is InChI=1S/C11H16ClNO7S/c1-3-4-11(2)7(20-21(18,19)6-12)5-13(10(16)17)8(11)9(14)15/h3,7-8H,1,4-6H2,2H3,(H,14,15)(H,16,17). The first kappa shape index (κ1) is 17.7. The van der Waals surface area contributed by atoms with E-state index in [-0.39, 0.29) is 13.0 Å². The third-order valence-corrected chi connectivity index (χ3v) is 5.09. The smallest absolute Gasteiger partial charge is 0.408 e. The van der Waals surface area contributed by atoms with Crippen LogP contribution in [0.5, 0.6) is 0 Å². The highest BCUT2D eigenvalue weighted by atomic mass is 35.5. The Kier molecular flexibility index (Phi) is 5.24. The first-order chi connectivity index (χ1) is 9.59. The van der Waals surface area contributed by atoms with E-state index in [1.807, 2.05) is 0 Å². The fourth-order valence-electron chi connectivity index (χ4n) is 2.53. The van der Waals surface area contributed by atoms with Crippen LogP contribution in [0, 0.1) is 5.41 Å². The monoisotopic (exact) mass is 341 g/mol. The van der Waals surface area contributed by atoms with Crippen LogP contribution >= 0.6 is 11.6 Å². The molecule has 3 atom stereocenters. The van der Waals surface area contributed by atoms with Gasteiger partial charge in [-0.2, -0.15) is 8.42 Å². The fraction of sp³-hybridized carbons (Fsp3) is 0.636. The molecule has 1 saturated heterocycles. The Balaban J connectivity index is 3.27. The lowest BCUT2D eigenvalue weighted by atomic mass is 9.77. The van der Waals surface area contributed by atoms with E-state index in [0.29, 0.717) is 4.90 Å². The van der Waals surface area contributed by atoms with Crippen LogP contribution < -0.4 is 0 Å². The molecule has 21 heavy (non-hydrogen) atoms. The van der Waals surface area contributed by atoms with Gasteiger partial charge in [-0.05, 0) is 6.42 Å². The third kappa shape index (κ3) is 3.47. The minimum atomic E-state index is -4.07. The van der Waals surface area contributed by atoms with E-state index in [2.05, 4.69) is 6.58 Å². The number of carboxylic acids is 1. The molecule has 0 radical (unpaired) electrons. The number of carbonyl (C=O) groups is 2. The molecule has 2 N–H and O–H groups in total. The Morgan fingerprint density at radius 1 is 1.52 bits per heavy atom. The van der Waals surface area contributed by atoms with Crippen LogP contribution in [0.15, 0.2) is 12.7 Å². The second-order valence-electron chi connectivity index (χ2n) is 4.93. The SMILES string of the molecule is C=CCC1(C)C(OS(=O)(=O)CCl)CN(C(=O)O)C1C(=O)O. The zero-order valence-corrected chi connectivity index (χ0v) is 12.8. The molecule has 8 nitrogen and oxygen atoms in total. The van der Waals surface area contributed by atoms with E-state index < -0.39 is 45.0 Å². The Hall–Kier alpha value is -1.32. The van der Waals surface area contributed by atoms with Gasteiger partial charge in [-0.25, -0.2) is 9.59 Å². The van der Waals surface area contributed by atoms with Crippen LogP contribution in [0.4, 0.5) is 4.79 Å². The van der Waals surface area contributed by atoms with Crippen LogP contribution in [0.3, 0.4) is 0 Å². The minimum Gasteiger partial charge on any atom is -0.480 e. The Morgan fingerprint density at radius 2 is 2.10 bits per heavy atom. The number of hydrogen-bond donors (Lipinski definition) is 2. The van der Waals surface area contributed by atoms with Crippen molar-refractivity contribution in [3.8, 4) is 0 Å². The lowest BCUT2D eigenvalue weighted by molar-refractivity contribution is -0.145. The molecule has 1 amide bonds. The van der Waals surface area contributed by atoms with Gasteiger partial charge in [0.25, 0.3) is 10.1 Å². The highest BCUT2D eigenvalue weighted by Gasteiger charge is 2.57. The van der Waals surface area contributed by atoms with Gasteiger partial charge < -0.3 is 10.2 Å². The maximum absolute atomic E-state index is 11.5. The van der Waals surface area contributed by atoms with E-state index in [4.69, 9.17) is 20.9 Å². The van der Waals surface area contributed by atoms with Crippen molar-refractivity contribution in [1.29, 1.82) is 0 Å². The summed E-state index contributed by atoms with van der Waals surface area (Å²) in [6.07, 6.45) is -1.16. The van der Waals surface area contributed by atoms with E-state index in [1.54, 1.807) is 0 Å². The first-order valence-corrected chi connectivity index (χ1v) is 8.00. The average molecular weight is 342 g/mol. The van der Waals surface area contributed by atoms with Gasteiger partial charge in [-0.15, -0.1) is 18.2 Å². The molecule has 1 heterocycles. The number of likely N-dealkylation sites (tertiary alicyclic amines) is 1. The molecule has 0 aliphatic carbocycles. The van der Waals surface area contributed by atoms with E-state index in [1.165, 1.54) is 13.0 Å². The van der Waals surface area contributed by atoms with Gasteiger partial charge in [0.2, 0.25) is 0 Å². The maximum Gasteiger partial charge on any atom is 0.408 e. The molecular formula is C11H16ClNO7S. The van der Waals surface area contributed by atoms with Crippen LogP contribution in [0.1, 0.15) is 13.3 Å². The summed E-state index contributed by atoms with van der Waals surface area (Å²) >= 11 is 5.26. The number of amides is 1. The fourth-order valence-corrected chi connectivity index (χ4v) is 3.37. The second-order valence-corrected chi connectivity index (χ2v) is 7.11. The second kappa shape index (κ2) is 6.20. The van der Waals surface area contributed by atoms with Crippen LogP contribution in [-0.2, 0) is 19.1 Å². The summed E-state index contributed by atoms with van der Waals surface area (Å²) in [6, 6.07) is -1.44. The number of carboxylic acid groups (broad SMARTS) is 2. The molecule has 0 spiro atoms. The molecule has 3 unspecified atom stereocenters. The number of hydrogen-bond acceptors (Lipinski definition) is 5. The molecule has 0 aromatic carbocycles. The summed E-state index contributed by atoms with van der Waals surface area (Å²) < 4.78 is 27.9. The molecule has 1 aliphatic heterocycles. The highest BCUT2D eigenvalue weighted by molar-refractivity contribution is 7.87. The summed E-state index contributed by atoms with van der Waals surface area (Å²) in [6.45, 7) is 4.56. The summed E-state index contributed by atoms with van der Waals surface area (Å²) in [4.78, 5) is 23.3. The number of rotatable bonds is 6. The van der Waals surface area contributed by atoms with E-state index in [9.17, 15) is 23.1 Å². The molecule has 0 aromatic rings. The minimum absolute atomic E-state index is 0.0657. The lowest BCUT2D eigenvalue weighted by Crippen LogP contribution is -2.48. The molecule has 10 heteroatoms. The van der Waals surface area contributed by atoms with Crippen molar-refractivity contribution in [2.75, 3.05) is 11.8 Å².